The third-order valence-electron chi connectivity index (χ3n) is 3.51. The number of rotatable bonds is 4. The lowest BCUT2D eigenvalue weighted by molar-refractivity contribution is 0.270. The van der Waals surface area contributed by atoms with E-state index >= 15 is 0 Å². The molecule has 1 aromatic rings. The summed E-state index contributed by atoms with van der Waals surface area (Å²) < 4.78 is 0. The lowest BCUT2D eigenvalue weighted by Crippen LogP contribution is -2.28. The van der Waals surface area contributed by atoms with Gasteiger partial charge in [0.1, 0.15) is 0 Å². The maximum Gasteiger partial charge on any atom is 0.0576 e. The van der Waals surface area contributed by atoms with E-state index in [1.54, 1.807) is 0 Å². The highest BCUT2D eigenvalue weighted by atomic mass is 14.9. The van der Waals surface area contributed by atoms with Crippen LogP contribution < -0.4 is 11.1 Å². The van der Waals surface area contributed by atoms with Crippen molar-refractivity contribution in [1.29, 1.82) is 0 Å². The van der Waals surface area contributed by atoms with E-state index < -0.39 is 0 Å². The van der Waals surface area contributed by atoms with Crippen LogP contribution in [0.1, 0.15) is 33.3 Å². The van der Waals surface area contributed by atoms with E-state index in [0.29, 0.717) is 5.92 Å². The number of hydrogen-bond donors (Lipinski definition) is 2. The first kappa shape index (κ1) is 12.9. The minimum Gasteiger partial charge on any atom is -0.397 e. The van der Waals surface area contributed by atoms with Crippen LogP contribution in [-0.2, 0) is 0 Å². The molecule has 1 rings (SSSR count). The first-order chi connectivity index (χ1) is 7.33. The van der Waals surface area contributed by atoms with E-state index in [2.05, 4.69) is 46.0 Å². The van der Waals surface area contributed by atoms with Crippen molar-refractivity contribution < 1.29 is 0 Å². The van der Waals surface area contributed by atoms with E-state index in [-0.39, 0.29) is 5.41 Å². The third kappa shape index (κ3) is 3.16. The standard InChI is InChI=1S/C14H24N2/c1-10(2)14(4,5)9-16-13-8-11(3)6-7-12(13)15/h6-8,10,16H,9,15H2,1-5H3. The highest BCUT2D eigenvalue weighted by molar-refractivity contribution is 5.66. The monoisotopic (exact) mass is 220 g/mol. The Morgan fingerprint density at radius 1 is 1.31 bits per heavy atom. The molecule has 0 aliphatic rings. The van der Waals surface area contributed by atoms with Crippen molar-refractivity contribution in [2.75, 3.05) is 17.6 Å². The van der Waals surface area contributed by atoms with Crippen LogP contribution in [0, 0.1) is 18.3 Å². The predicted molar refractivity (Wildman–Crippen MR) is 72.7 cm³/mol. The fourth-order valence-electron chi connectivity index (χ4n) is 1.35. The van der Waals surface area contributed by atoms with Crippen LogP contribution in [0.4, 0.5) is 11.4 Å². The lowest BCUT2D eigenvalue weighted by Gasteiger charge is -2.30. The molecule has 90 valence electrons. The van der Waals surface area contributed by atoms with Crippen LogP contribution in [0.5, 0.6) is 0 Å². The number of hydrogen-bond acceptors (Lipinski definition) is 2. The quantitative estimate of drug-likeness (QED) is 0.760. The van der Waals surface area contributed by atoms with Crippen molar-refractivity contribution in [3.05, 3.63) is 23.8 Å². The average molecular weight is 220 g/mol. The summed E-state index contributed by atoms with van der Waals surface area (Å²) in [4.78, 5) is 0. The zero-order valence-corrected chi connectivity index (χ0v) is 11.1. The Morgan fingerprint density at radius 2 is 1.94 bits per heavy atom. The summed E-state index contributed by atoms with van der Waals surface area (Å²) in [5, 5.41) is 3.45. The molecule has 2 nitrogen and oxygen atoms in total. The molecule has 0 fully saturated rings. The van der Waals surface area contributed by atoms with Crippen LogP contribution in [0.2, 0.25) is 0 Å². The highest BCUT2D eigenvalue weighted by Gasteiger charge is 2.22. The molecule has 0 saturated heterocycles. The molecular formula is C14H24N2. The van der Waals surface area contributed by atoms with Gasteiger partial charge in [0, 0.05) is 6.54 Å². The van der Waals surface area contributed by atoms with E-state index in [1.807, 2.05) is 12.1 Å². The Kier molecular flexibility index (Phi) is 3.84. The van der Waals surface area contributed by atoms with Gasteiger partial charge in [-0.25, -0.2) is 0 Å². The molecule has 0 aliphatic carbocycles. The minimum atomic E-state index is 0.274. The van der Waals surface area contributed by atoms with E-state index in [0.717, 1.165) is 17.9 Å². The van der Waals surface area contributed by atoms with Gasteiger partial charge >= 0.3 is 0 Å². The number of nitrogens with one attached hydrogen (secondary N) is 1. The van der Waals surface area contributed by atoms with Gasteiger partial charge in [0.05, 0.1) is 11.4 Å². The van der Waals surface area contributed by atoms with Gasteiger partial charge in [-0.2, -0.15) is 0 Å². The second-order valence-electron chi connectivity index (χ2n) is 5.59. The zero-order valence-electron chi connectivity index (χ0n) is 11.1. The molecule has 3 N–H and O–H groups in total. The van der Waals surface area contributed by atoms with Crippen molar-refractivity contribution in [2.45, 2.75) is 34.6 Å². The lowest BCUT2D eigenvalue weighted by atomic mass is 9.81. The second-order valence-corrected chi connectivity index (χ2v) is 5.59. The van der Waals surface area contributed by atoms with Gasteiger partial charge in [-0.1, -0.05) is 33.8 Å². The second kappa shape index (κ2) is 4.77. The van der Waals surface area contributed by atoms with Crippen molar-refractivity contribution >= 4 is 11.4 Å². The fraction of sp³-hybridized carbons (Fsp3) is 0.571. The summed E-state index contributed by atoms with van der Waals surface area (Å²) in [6.07, 6.45) is 0. The Balaban J connectivity index is 2.71. The number of nitrogen functional groups attached to an aromatic ring is 1. The average Bonchev–Trinajstić information content (AvgIpc) is 2.19. The Morgan fingerprint density at radius 3 is 2.50 bits per heavy atom. The molecule has 0 aromatic heterocycles. The molecule has 0 radical (unpaired) electrons. The summed E-state index contributed by atoms with van der Waals surface area (Å²) in [6.45, 7) is 12.1. The van der Waals surface area contributed by atoms with Crippen LogP contribution in [0.25, 0.3) is 0 Å². The molecular weight excluding hydrogens is 196 g/mol. The van der Waals surface area contributed by atoms with Crippen LogP contribution in [0.15, 0.2) is 18.2 Å². The third-order valence-corrected chi connectivity index (χ3v) is 3.51. The normalized spacial score (nSPS) is 11.9. The maximum atomic E-state index is 5.93. The molecule has 0 amide bonds. The molecule has 0 saturated carbocycles. The fourth-order valence-corrected chi connectivity index (χ4v) is 1.35. The summed E-state index contributed by atoms with van der Waals surface area (Å²) in [6, 6.07) is 6.10. The number of anilines is 2. The van der Waals surface area contributed by atoms with E-state index in [1.165, 1.54) is 5.56 Å². The molecule has 0 atom stereocenters. The smallest absolute Gasteiger partial charge is 0.0576 e. The summed E-state index contributed by atoms with van der Waals surface area (Å²) in [5.74, 6) is 0.644. The van der Waals surface area contributed by atoms with Gasteiger partial charge in [-0.3, -0.25) is 0 Å². The van der Waals surface area contributed by atoms with Gasteiger partial charge in [0.25, 0.3) is 0 Å². The summed E-state index contributed by atoms with van der Waals surface area (Å²) in [7, 11) is 0. The summed E-state index contributed by atoms with van der Waals surface area (Å²) >= 11 is 0. The molecule has 2 heteroatoms. The van der Waals surface area contributed by atoms with Gasteiger partial charge in [0.15, 0.2) is 0 Å². The Labute approximate surface area is 99.2 Å². The first-order valence-electron chi connectivity index (χ1n) is 5.93. The number of benzene rings is 1. The van der Waals surface area contributed by atoms with Crippen molar-refractivity contribution in [3.63, 3.8) is 0 Å². The first-order valence-corrected chi connectivity index (χ1v) is 5.93. The highest BCUT2D eigenvalue weighted by Crippen LogP contribution is 2.28. The molecule has 0 unspecified atom stereocenters. The minimum absolute atomic E-state index is 0.274. The van der Waals surface area contributed by atoms with Gasteiger partial charge in [0.2, 0.25) is 0 Å². The van der Waals surface area contributed by atoms with Crippen molar-refractivity contribution in [1.82, 2.24) is 0 Å². The maximum absolute atomic E-state index is 5.93. The van der Waals surface area contributed by atoms with Crippen molar-refractivity contribution in [2.24, 2.45) is 11.3 Å². The van der Waals surface area contributed by atoms with Gasteiger partial charge < -0.3 is 11.1 Å². The number of aryl methyl sites for hydroxylation is 1. The Bertz CT molecular complexity index is 354. The van der Waals surface area contributed by atoms with Crippen molar-refractivity contribution in [3.8, 4) is 0 Å². The SMILES string of the molecule is Cc1ccc(N)c(NCC(C)(C)C(C)C)c1. The van der Waals surface area contributed by atoms with Crippen LogP contribution in [-0.4, -0.2) is 6.54 Å². The predicted octanol–water partition coefficient (Wildman–Crippen LogP) is 3.67. The summed E-state index contributed by atoms with van der Waals surface area (Å²) in [5.41, 5.74) is 9.32. The van der Waals surface area contributed by atoms with Crippen LogP contribution >= 0.6 is 0 Å². The molecule has 0 heterocycles. The molecule has 0 aliphatic heterocycles. The van der Waals surface area contributed by atoms with Crippen LogP contribution in [0.3, 0.4) is 0 Å². The molecule has 0 bridgehead atoms. The van der Waals surface area contributed by atoms with Gasteiger partial charge in [-0.15, -0.1) is 0 Å². The van der Waals surface area contributed by atoms with E-state index in [4.69, 9.17) is 5.73 Å². The van der Waals surface area contributed by atoms with Gasteiger partial charge in [-0.05, 0) is 36.0 Å². The largest absolute Gasteiger partial charge is 0.397 e. The number of nitrogens with two attached hydrogens (primary N) is 1. The molecule has 16 heavy (non-hydrogen) atoms. The molecule has 0 spiro atoms. The zero-order chi connectivity index (χ0) is 12.3. The topological polar surface area (TPSA) is 38.0 Å². The molecule has 1 aromatic carbocycles. The van der Waals surface area contributed by atoms with E-state index in [9.17, 15) is 0 Å². The Hall–Kier alpha value is -1.18.